The summed E-state index contributed by atoms with van der Waals surface area (Å²) >= 11 is 0. The summed E-state index contributed by atoms with van der Waals surface area (Å²) in [7, 11) is 1.57. The molecule has 0 aromatic heterocycles. The van der Waals surface area contributed by atoms with Gasteiger partial charge >= 0.3 is 6.03 Å². The fourth-order valence-corrected chi connectivity index (χ4v) is 2.88. The van der Waals surface area contributed by atoms with Crippen LogP contribution in [-0.4, -0.2) is 18.9 Å². The van der Waals surface area contributed by atoms with E-state index in [0.717, 1.165) is 5.56 Å². The minimum Gasteiger partial charge on any atom is -0.496 e. The monoisotopic (exact) mass is 322 g/mol. The number of methoxy groups -OCH3 is 1. The van der Waals surface area contributed by atoms with Gasteiger partial charge in [-0.2, -0.15) is 0 Å². The van der Waals surface area contributed by atoms with Gasteiger partial charge in [0.2, 0.25) is 0 Å². The van der Waals surface area contributed by atoms with E-state index in [1.807, 2.05) is 42.5 Å². The van der Waals surface area contributed by atoms with Gasteiger partial charge in [0, 0.05) is 22.4 Å². The van der Waals surface area contributed by atoms with Gasteiger partial charge in [-0.1, -0.05) is 48.5 Å². The molecule has 0 aliphatic carbocycles. The van der Waals surface area contributed by atoms with E-state index in [0.29, 0.717) is 22.6 Å². The highest BCUT2D eigenvalue weighted by Gasteiger charge is 2.33. The Labute approximate surface area is 140 Å². The maximum Gasteiger partial charge on any atom is 0.319 e. The molecule has 2 aromatic rings. The van der Waals surface area contributed by atoms with E-state index in [1.165, 1.54) is 0 Å². The first-order valence-electron chi connectivity index (χ1n) is 7.62. The van der Waals surface area contributed by atoms with Crippen molar-refractivity contribution in [1.82, 2.24) is 10.6 Å². The van der Waals surface area contributed by atoms with Gasteiger partial charge < -0.3 is 15.4 Å². The number of hydrogen-bond donors (Lipinski definition) is 2. The van der Waals surface area contributed by atoms with Gasteiger partial charge in [-0.15, -0.1) is 0 Å². The van der Waals surface area contributed by atoms with Crippen LogP contribution in [-0.2, 0) is 0 Å². The normalized spacial score (nSPS) is 17.1. The molecule has 5 nitrogen and oxygen atoms in total. The first kappa shape index (κ1) is 15.8. The van der Waals surface area contributed by atoms with Crippen molar-refractivity contribution in [2.75, 3.05) is 7.11 Å². The molecular formula is C19H18N2O3. The van der Waals surface area contributed by atoms with Crippen molar-refractivity contribution in [3.63, 3.8) is 0 Å². The summed E-state index contributed by atoms with van der Waals surface area (Å²) < 4.78 is 5.40. The SMILES string of the molecule is COc1ccccc1C1NC(=O)NC(C)=C1C(=O)c1ccccc1. The Bertz CT molecular complexity index is 812. The third-order valence-corrected chi connectivity index (χ3v) is 4.00. The molecule has 0 fully saturated rings. The number of Topliss-reactive ketones (excluding diaryl/α,β-unsaturated/α-hetero) is 1. The Morgan fingerprint density at radius 1 is 1.04 bits per heavy atom. The first-order chi connectivity index (χ1) is 11.6. The molecule has 2 amide bonds. The predicted octanol–water partition coefficient (Wildman–Crippen LogP) is 3.21. The topological polar surface area (TPSA) is 67.4 Å². The number of nitrogens with one attached hydrogen (secondary N) is 2. The van der Waals surface area contributed by atoms with Crippen LogP contribution in [0.3, 0.4) is 0 Å². The van der Waals surface area contributed by atoms with Crippen molar-refractivity contribution in [2.45, 2.75) is 13.0 Å². The van der Waals surface area contributed by atoms with Crippen LogP contribution in [0.15, 0.2) is 65.9 Å². The zero-order chi connectivity index (χ0) is 17.1. The largest absolute Gasteiger partial charge is 0.496 e. The third-order valence-electron chi connectivity index (χ3n) is 4.00. The number of benzene rings is 2. The summed E-state index contributed by atoms with van der Waals surface area (Å²) in [4.78, 5) is 25.0. The number of amides is 2. The van der Waals surface area contributed by atoms with E-state index in [9.17, 15) is 9.59 Å². The Hall–Kier alpha value is -3.08. The second-order valence-electron chi connectivity index (χ2n) is 5.51. The van der Waals surface area contributed by atoms with Crippen LogP contribution < -0.4 is 15.4 Å². The van der Waals surface area contributed by atoms with Crippen LogP contribution >= 0.6 is 0 Å². The molecule has 5 heteroatoms. The van der Waals surface area contributed by atoms with Gasteiger partial charge in [0.1, 0.15) is 5.75 Å². The standard InChI is InChI=1S/C19H18N2O3/c1-12-16(18(22)13-8-4-3-5-9-13)17(21-19(23)20-12)14-10-6-7-11-15(14)24-2/h3-11,17H,1-2H3,(H2,20,21,23). The van der Waals surface area contributed by atoms with Gasteiger partial charge in [-0.25, -0.2) is 4.79 Å². The number of urea groups is 1. The lowest BCUT2D eigenvalue weighted by molar-refractivity contribution is 0.102. The minimum atomic E-state index is -0.567. The zero-order valence-electron chi connectivity index (χ0n) is 13.5. The van der Waals surface area contributed by atoms with Crippen LogP contribution in [0.2, 0.25) is 0 Å². The van der Waals surface area contributed by atoms with Crippen molar-refractivity contribution in [3.05, 3.63) is 77.0 Å². The third kappa shape index (κ3) is 2.88. The summed E-state index contributed by atoms with van der Waals surface area (Å²) in [5.41, 5.74) is 2.37. The number of para-hydroxylation sites is 1. The number of rotatable bonds is 4. The van der Waals surface area contributed by atoms with Crippen molar-refractivity contribution < 1.29 is 14.3 Å². The lowest BCUT2D eigenvalue weighted by Crippen LogP contribution is -2.45. The maximum atomic E-state index is 13.0. The molecular weight excluding hydrogens is 304 g/mol. The Balaban J connectivity index is 2.11. The maximum absolute atomic E-state index is 13.0. The second kappa shape index (κ2) is 6.58. The molecule has 3 rings (SSSR count). The lowest BCUT2D eigenvalue weighted by atomic mass is 9.89. The molecule has 24 heavy (non-hydrogen) atoms. The second-order valence-corrected chi connectivity index (χ2v) is 5.51. The fourth-order valence-electron chi connectivity index (χ4n) is 2.88. The van der Waals surface area contributed by atoms with Crippen molar-refractivity contribution in [3.8, 4) is 5.75 Å². The summed E-state index contributed by atoms with van der Waals surface area (Å²) in [5.74, 6) is 0.493. The van der Waals surface area contributed by atoms with E-state index in [1.54, 1.807) is 26.2 Å². The molecule has 122 valence electrons. The summed E-state index contributed by atoms with van der Waals surface area (Å²) in [6.45, 7) is 1.73. The molecule has 1 aliphatic heterocycles. The molecule has 0 saturated carbocycles. The van der Waals surface area contributed by atoms with Crippen molar-refractivity contribution >= 4 is 11.8 Å². The molecule has 0 bridgehead atoms. The molecule has 2 N–H and O–H groups in total. The fraction of sp³-hybridized carbons (Fsp3) is 0.158. The van der Waals surface area contributed by atoms with Gasteiger partial charge in [0.05, 0.1) is 13.2 Å². The van der Waals surface area contributed by atoms with Crippen LogP contribution in [0.5, 0.6) is 5.75 Å². The smallest absolute Gasteiger partial charge is 0.319 e. The van der Waals surface area contributed by atoms with Crippen LogP contribution in [0.1, 0.15) is 28.9 Å². The van der Waals surface area contributed by atoms with Crippen LogP contribution in [0.25, 0.3) is 0 Å². The van der Waals surface area contributed by atoms with Crippen LogP contribution in [0, 0.1) is 0 Å². The van der Waals surface area contributed by atoms with Crippen LogP contribution in [0.4, 0.5) is 4.79 Å². The molecule has 1 atom stereocenters. The summed E-state index contributed by atoms with van der Waals surface area (Å²) in [5, 5.41) is 5.51. The Morgan fingerprint density at radius 2 is 1.71 bits per heavy atom. The van der Waals surface area contributed by atoms with E-state index in [-0.39, 0.29) is 11.8 Å². The van der Waals surface area contributed by atoms with E-state index < -0.39 is 6.04 Å². The molecule has 2 aromatic carbocycles. The number of ether oxygens (including phenoxy) is 1. The molecule has 0 saturated heterocycles. The van der Waals surface area contributed by atoms with E-state index in [2.05, 4.69) is 10.6 Å². The van der Waals surface area contributed by atoms with Gasteiger partial charge in [-0.3, -0.25) is 4.79 Å². The highest BCUT2D eigenvalue weighted by atomic mass is 16.5. The quantitative estimate of drug-likeness (QED) is 0.849. The number of hydrogen-bond acceptors (Lipinski definition) is 3. The van der Waals surface area contributed by atoms with Gasteiger partial charge in [0.15, 0.2) is 5.78 Å². The summed E-state index contributed by atoms with van der Waals surface area (Å²) in [6, 6.07) is 15.5. The lowest BCUT2D eigenvalue weighted by Gasteiger charge is -2.29. The highest BCUT2D eigenvalue weighted by molar-refractivity contribution is 6.11. The Morgan fingerprint density at radius 3 is 2.42 bits per heavy atom. The first-order valence-corrected chi connectivity index (χ1v) is 7.62. The van der Waals surface area contributed by atoms with Crippen molar-refractivity contribution in [2.24, 2.45) is 0 Å². The average molecular weight is 322 g/mol. The molecule has 1 unspecified atom stereocenters. The van der Waals surface area contributed by atoms with Gasteiger partial charge in [-0.05, 0) is 13.0 Å². The van der Waals surface area contributed by atoms with Crippen molar-refractivity contribution in [1.29, 1.82) is 0 Å². The average Bonchev–Trinajstić information content (AvgIpc) is 2.61. The predicted molar refractivity (Wildman–Crippen MR) is 90.9 cm³/mol. The minimum absolute atomic E-state index is 0.128. The number of allylic oxidation sites excluding steroid dienone is 1. The Kier molecular flexibility index (Phi) is 4.33. The number of carbonyl (C=O) groups is 2. The zero-order valence-corrected chi connectivity index (χ0v) is 13.5. The number of carbonyl (C=O) groups excluding carboxylic acids is 2. The van der Waals surface area contributed by atoms with E-state index >= 15 is 0 Å². The van der Waals surface area contributed by atoms with Gasteiger partial charge in [0.25, 0.3) is 0 Å². The number of ketones is 1. The molecule has 1 heterocycles. The highest BCUT2D eigenvalue weighted by Crippen LogP contribution is 2.34. The molecule has 0 radical (unpaired) electrons. The van der Waals surface area contributed by atoms with E-state index in [4.69, 9.17) is 4.74 Å². The summed E-state index contributed by atoms with van der Waals surface area (Å²) in [6.07, 6.45) is 0. The molecule has 1 aliphatic rings. The molecule has 0 spiro atoms.